The number of hydrogen-bond donors (Lipinski definition) is 1. The molecular formula is C23H18ClF2NOS. The maximum atomic E-state index is 14.7. The van der Waals surface area contributed by atoms with Gasteiger partial charge in [0.2, 0.25) is 0 Å². The third-order valence-electron chi connectivity index (χ3n) is 5.44. The zero-order valence-corrected chi connectivity index (χ0v) is 17.0. The molecule has 1 fully saturated rings. The molecule has 2 aliphatic rings. The molecule has 1 N–H and O–H groups in total. The lowest BCUT2D eigenvalue weighted by atomic mass is 9.89. The molecule has 3 aromatic rings. The summed E-state index contributed by atoms with van der Waals surface area (Å²) in [5.41, 5.74) is 1.45. The third kappa shape index (κ3) is 3.52. The molecule has 1 saturated heterocycles. The number of piperidine rings is 1. The molecule has 29 heavy (non-hydrogen) atoms. The Morgan fingerprint density at radius 3 is 2.55 bits per heavy atom. The molecule has 148 valence electrons. The summed E-state index contributed by atoms with van der Waals surface area (Å²) in [5, 5.41) is 3.45. The second-order valence-corrected chi connectivity index (χ2v) is 8.86. The molecule has 0 saturated carbocycles. The lowest BCUT2D eigenvalue weighted by Crippen LogP contribution is -2.37. The van der Waals surface area contributed by atoms with Crippen molar-refractivity contribution in [2.24, 2.45) is 0 Å². The van der Waals surface area contributed by atoms with Gasteiger partial charge in [-0.05, 0) is 54.9 Å². The van der Waals surface area contributed by atoms with Crippen molar-refractivity contribution in [1.29, 1.82) is 0 Å². The van der Waals surface area contributed by atoms with Crippen LogP contribution in [0.1, 0.15) is 17.9 Å². The topological polar surface area (TPSA) is 21.3 Å². The van der Waals surface area contributed by atoms with Crippen molar-refractivity contribution in [3.8, 4) is 16.9 Å². The van der Waals surface area contributed by atoms with Gasteiger partial charge < -0.3 is 10.1 Å². The van der Waals surface area contributed by atoms with Crippen molar-refractivity contribution in [3.63, 3.8) is 0 Å². The van der Waals surface area contributed by atoms with Crippen molar-refractivity contribution in [2.75, 3.05) is 13.1 Å². The summed E-state index contributed by atoms with van der Waals surface area (Å²) in [7, 11) is 0. The van der Waals surface area contributed by atoms with Gasteiger partial charge >= 0.3 is 0 Å². The first-order valence-electron chi connectivity index (χ1n) is 9.53. The summed E-state index contributed by atoms with van der Waals surface area (Å²) in [6, 6.07) is 15.9. The van der Waals surface area contributed by atoms with Gasteiger partial charge in [0.25, 0.3) is 0 Å². The molecule has 0 radical (unpaired) electrons. The van der Waals surface area contributed by atoms with Crippen molar-refractivity contribution >= 4 is 23.4 Å². The number of benzene rings is 3. The normalized spacial score (nSPS) is 20.1. The van der Waals surface area contributed by atoms with Crippen LogP contribution in [0.15, 0.2) is 64.4 Å². The Balaban J connectivity index is 1.67. The Kier molecular flexibility index (Phi) is 4.98. The average molecular weight is 430 g/mol. The average Bonchev–Trinajstić information content (AvgIpc) is 3.07. The van der Waals surface area contributed by atoms with Crippen LogP contribution in [0.3, 0.4) is 0 Å². The molecule has 5 rings (SSSR count). The Hall–Kier alpha value is -2.08. The summed E-state index contributed by atoms with van der Waals surface area (Å²) >= 11 is 7.37. The van der Waals surface area contributed by atoms with E-state index in [1.165, 1.54) is 0 Å². The minimum atomic E-state index is -0.664. The van der Waals surface area contributed by atoms with Gasteiger partial charge in [-0.15, -0.1) is 0 Å². The van der Waals surface area contributed by atoms with E-state index in [9.17, 15) is 8.78 Å². The van der Waals surface area contributed by atoms with E-state index in [0.29, 0.717) is 5.56 Å². The zero-order valence-electron chi connectivity index (χ0n) is 15.4. The quantitative estimate of drug-likeness (QED) is 0.529. The molecule has 0 amide bonds. The number of halogens is 3. The lowest BCUT2D eigenvalue weighted by Gasteiger charge is -2.24. The van der Waals surface area contributed by atoms with Gasteiger partial charge in [-0.1, -0.05) is 41.6 Å². The highest BCUT2D eigenvalue weighted by molar-refractivity contribution is 7.99. The second kappa shape index (κ2) is 7.63. The lowest BCUT2D eigenvalue weighted by molar-refractivity contribution is 0.169. The first kappa shape index (κ1) is 18.9. The Morgan fingerprint density at radius 2 is 1.79 bits per heavy atom. The fraction of sp³-hybridized carbons (Fsp3) is 0.217. The minimum Gasteiger partial charge on any atom is -0.488 e. The Labute approximate surface area is 177 Å². The van der Waals surface area contributed by atoms with Crippen LogP contribution < -0.4 is 10.1 Å². The van der Waals surface area contributed by atoms with Crippen LogP contribution in [0, 0.1) is 11.6 Å². The summed E-state index contributed by atoms with van der Waals surface area (Å²) in [4.78, 5) is 1.91. The molecule has 0 bridgehead atoms. The molecule has 2 atom stereocenters. The third-order valence-corrected chi connectivity index (χ3v) is 6.69. The molecule has 2 heterocycles. The SMILES string of the molecule is Fc1cc(Cl)cc(F)c1-c1cc(Sc2ccccc2)c2c(c1)C1CNCCC1O2. The van der Waals surface area contributed by atoms with E-state index in [0.717, 1.165) is 52.7 Å². The fourth-order valence-electron chi connectivity index (χ4n) is 4.12. The maximum absolute atomic E-state index is 14.7. The van der Waals surface area contributed by atoms with Gasteiger partial charge in [0.05, 0.1) is 10.5 Å². The largest absolute Gasteiger partial charge is 0.488 e. The van der Waals surface area contributed by atoms with E-state index in [1.54, 1.807) is 11.8 Å². The molecule has 2 unspecified atom stereocenters. The van der Waals surface area contributed by atoms with Crippen molar-refractivity contribution in [2.45, 2.75) is 28.2 Å². The standard InChI is InChI=1S/C23H18ClF2NOS/c24-14-10-18(25)22(19(26)11-14)13-8-16-17-12-27-7-6-20(17)28-23(16)21(9-13)29-15-4-2-1-3-5-15/h1-5,8-11,17,20,27H,6-7,12H2. The predicted molar refractivity (Wildman–Crippen MR) is 112 cm³/mol. The second-order valence-electron chi connectivity index (χ2n) is 7.31. The molecule has 3 aromatic carbocycles. The zero-order chi connectivity index (χ0) is 20.0. The van der Waals surface area contributed by atoms with Gasteiger partial charge in [0, 0.05) is 27.9 Å². The van der Waals surface area contributed by atoms with E-state index in [1.807, 2.05) is 42.5 Å². The van der Waals surface area contributed by atoms with E-state index in [4.69, 9.17) is 16.3 Å². The van der Waals surface area contributed by atoms with Crippen LogP contribution in [0.2, 0.25) is 5.02 Å². The Bertz CT molecular complexity index is 1050. The van der Waals surface area contributed by atoms with Gasteiger partial charge in [-0.3, -0.25) is 0 Å². The minimum absolute atomic E-state index is 0.0451. The first-order chi connectivity index (χ1) is 14.1. The highest BCUT2D eigenvalue weighted by Gasteiger charge is 2.38. The van der Waals surface area contributed by atoms with E-state index < -0.39 is 11.6 Å². The van der Waals surface area contributed by atoms with Crippen LogP contribution >= 0.6 is 23.4 Å². The van der Waals surface area contributed by atoms with E-state index in [2.05, 4.69) is 5.32 Å². The summed E-state index contributed by atoms with van der Waals surface area (Å²) in [5.74, 6) is -0.325. The molecule has 0 spiro atoms. The number of fused-ring (bicyclic) bond motifs is 3. The number of hydrogen-bond acceptors (Lipinski definition) is 3. The summed E-state index contributed by atoms with van der Waals surface area (Å²) < 4.78 is 35.6. The van der Waals surface area contributed by atoms with Crippen LogP contribution in [0.5, 0.6) is 5.75 Å². The van der Waals surface area contributed by atoms with Gasteiger partial charge in [-0.2, -0.15) is 0 Å². The van der Waals surface area contributed by atoms with Crippen LogP contribution in [-0.2, 0) is 0 Å². The van der Waals surface area contributed by atoms with Crippen LogP contribution in [-0.4, -0.2) is 19.2 Å². The predicted octanol–water partition coefficient (Wildman–Crippen LogP) is 6.27. The number of nitrogens with one attached hydrogen (secondary N) is 1. The smallest absolute Gasteiger partial charge is 0.137 e. The molecule has 2 aliphatic heterocycles. The summed E-state index contributed by atoms with van der Waals surface area (Å²) in [6.07, 6.45) is 1.00. The highest BCUT2D eigenvalue weighted by Crippen LogP contribution is 2.49. The number of rotatable bonds is 3. The molecule has 6 heteroatoms. The molecule has 2 nitrogen and oxygen atoms in total. The fourth-order valence-corrected chi connectivity index (χ4v) is 5.30. The molecule has 0 aliphatic carbocycles. The van der Waals surface area contributed by atoms with Gasteiger partial charge in [-0.25, -0.2) is 8.78 Å². The van der Waals surface area contributed by atoms with E-state index >= 15 is 0 Å². The van der Waals surface area contributed by atoms with Gasteiger partial charge in [0.15, 0.2) is 0 Å². The van der Waals surface area contributed by atoms with Gasteiger partial charge in [0.1, 0.15) is 23.5 Å². The number of ether oxygens (including phenoxy) is 1. The van der Waals surface area contributed by atoms with Crippen molar-refractivity contribution in [1.82, 2.24) is 5.32 Å². The molecular weight excluding hydrogens is 412 g/mol. The Morgan fingerprint density at radius 1 is 1.03 bits per heavy atom. The van der Waals surface area contributed by atoms with Crippen molar-refractivity contribution < 1.29 is 13.5 Å². The first-order valence-corrected chi connectivity index (χ1v) is 10.7. The van der Waals surface area contributed by atoms with Crippen LogP contribution in [0.4, 0.5) is 8.78 Å². The van der Waals surface area contributed by atoms with Crippen LogP contribution in [0.25, 0.3) is 11.1 Å². The summed E-state index contributed by atoms with van der Waals surface area (Å²) in [6.45, 7) is 1.70. The maximum Gasteiger partial charge on any atom is 0.137 e. The van der Waals surface area contributed by atoms with E-state index in [-0.39, 0.29) is 22.6 Å². The van der Waals surface area contributed by atoms with Crippen molar-refractivity contribution in [3.05, 3.63) is 76.8 Å². The highest BCUT2D eigenvalue weighted by atomic mass is 35.5. The monoisotopic (exact) mass is 429 g/mol. The molecule has 0 aromatic heterocycles.